The lowest BCUT2D eigenvalue weighted by Crippen LogP contribution is -2.28. The summed E-state index contributed by atoms with van der Waals surface area (Å²) in [6.07, 6.45) is 9.64. The van der Waals surface area contributed by atoms with Crippen molar-refractivity contribution in [3.63, 3.8) is 0 Å². The summed E-state index contributed by atoms with van der Waals surface area (Å²) in [6, 6.07) is 21.1. The molecular formula is C32H30N2O4S. The Morgan fingerprint density at radius 3 is 2.54 bits per heavy atom. The Balaban J connectivity index is 1.73. The van der Waals surface area contributed by atoms with E-state index < -0.39 is 0 Å². The first kappa shape index (κ1) is 27.6. The fourth-order valence-electron chi connectivity index (χ4n) is 4.02. The number of para-hydroxylation sites is 1. The van der Waals surface area contributed by atoms with Crippen LogP contribution in [-0.4, -0.2) is 36.3 Å². The molecule has 0 spiro atoms. The number of ether oxygens (including phenoxy) is 3. The molecule has 1 fully saturated rings. The summed E-state index contributed by atoms with van der Waals surface area (Å²) in [6.45, 7) is 6.73. The molecule has 1 amide bonds. The molecule has 1 aliphatic heterocycles. The molecule has 3 aromatic carbocycles. The van der Waals surface area contributed by atoms with E-state index in [2.05, 4.69) is 12.5 Å². The van der Waals surface area contributed by atoms with Gasteiger partial charge in [0, 0.05) is 5.56 Å². The van der Waals surface area contributed by atoms with Crippen LogP contribution in [-0.2, 0) is 17.8 Å². The van der Waals surface area contributed by atoms with Gasteiger partial charge in [-0.05, 0) is 78.7 Å². The molecule has 0 unspecified atom stereocenters. The van der Waals surface area contributed by atoms with Crippen molar-refractivity contribution in [2.75, 3.05) is 20.3 Å². The van der Waals surface area contributed by atoms with Crippen molar-refractivity contribution in [1.82, 2.24) is 4.90 Å². The number of amides is 1. The molecule has 0 bridgehead atoms. The van der Waals surface area contributed by atoms with Gasteiger partial charge in [-0.2, -0.15) is 0 Å². The number of carbonyl (C=O) groups is 1. The van der Waals surface area contributed by atoms with E-state index in [1.54, 1.807) is 18.1 Å². The van der Waals surface area contributed by atoms with Crippen molar-refractivity contribution in [2.24, 2.45) is 4.99 Å². The standard InChI is InChI=1S/C32H30N2O4S/c1-5-11-25-19-24(20-28(37-7-3)30(25)38-18-6-2)21-29-31(35)34(22-23-14-16-27(36-4)17-15-23)32(39-29)33-26-12-9-8-10-13-26/h2,5,8-10,12-17,19-21H,1,7,11,18,22H2,3-4H3/b29-21-,33-32?. The topological polar surface area (TPSA) is 60.4 Å². The minimum atomic E-state index is -0.124. The number of terminal acetylenes is 1. The molecule has 0 atom stereocenters. The lowest BCUT2D eigenvalue weighted by Gasteiger charge is -2.16. The van der Waals surface area contributed by atoms with E-state index >= 15 is 0 Å². The van der Waals surface area contributed by atoms with Crippen molar-refractivity contribution in [3.8, 4) is 29.6 Å². The summed E-state index contributed by atoms with van der Waals surface area (Å²) in [5.41, 5.74) is 3.43. The SMILES string of the molecule is C#CCOc1c(CC=C)cc(/C=C2\SC(=Nc3ccccc3)N(Cc3ccc(OC)cc3)C2=O)cc1OCC. The zero-order valence-corrected chi connectivity index (χ0v) is 22.9. The van der Waals surface area contributed by atoms with Gasteiger partial charge in [0.25, 0.3) is 5.91 Å². The highest BCUT2D eigenvalue weighted by molar-refractivity contribution is 8.18. The van der Waals surface area contributed by atoms with Crippen LogP contribution in [0, 0.1) is 12.3 Å². The number of thioether (sulfide) groups is 1. The molecule has 198 valence electrons. The molecule has 1 aliphatic rings. The average Bonchev–Trinajstić information content (AvgIpc) is 3.22. The number of methoxy groups -OCH3 is 1. The van der Waals surface area contributed by atoms with Crippen LogP contribution in [0.25, 0.3) is 6.08 Å². The highest BCUT2D eigenvalue weighted by Crippen LogP contribution is 2.38. The number of allylic oxidation sites excluding steroid dienone is 1. The highest BCUT2D eigenvalue weighted by atomic mass is 32.2. The highest BCUT2D eigenvalue weighted by Gasteiger charge is 2.33. The third-order valence-electron chi connectivity index (χ3n) is 5.78. The predicted octanol–water partition coefficient (Wildman–Crippen LogP) is 6.64. The van der Waals surface area contributed by atoms with Gasteiger partial charge in [-0.15, -0.1) is 13.0 Å². The lowest BCUT2D eigenvalue weighted by atomic mass is 10.0. The summed E-state index contributed by atoms with van der Waals surface area (Å²) in [7, 11) is 1.63. The molecule has 0 saturated carbocycles. The van der Waals surface area contributed by atoms with E-state index in [1.165, 1.54) is 11.8 Å². The van der Waals surface area contributed by atoms with E-state index in [0.29, 0.717) is 41.1 Å². The molecule has 0 radical (unpaired) electrons. The van der Waals surface area contributed by atoms with Gasteiger partial charge < -0.3 is 14.2 Å². The Morgan fingerprint density at radius 1 is 1.10 bits per heavy atom. The number of nitrogens with zero attached hydrogens (tertiary/aromatic N) is 2. The van der Waals surface area contributed by atoms with Gasteiger partial charge in [-0.3, -0.25) is 9.69 Å². The van der Waals surface area contributed by atoms with Crippen molar-refractivity contribution in [3.05, 3.63) is 101 Å². The fraction of sp³-hybridized carbons (Fsp3) is 0.188. The van der Waals surface area contributed by atoms with Gasteiger partial charge in [0.1, 0.15) is 12.4 Å². The Bertz CT molecular complexity index is 1420. The third kappa shape index (κ3) is 6.92. The van der Waals surface area contributed by atoms with E-state index in [-0.39, 0.29) is 12.5 Å². The monoisotopic (exact) mass is 538 g/mol. The van der Waals surface area contributed by atoms with Gasteiger partial charge in [0.15, 0.2) is 16.7 Å². The number of benzene rings is 3. The molecule has 4 rings (SSSR count). The molecule has 1 saturated heterocycles. The second-order valence-corrected chi connectivity index (χ2v) is 9.51. The van der Waals surface area contributed by atoms with Crippen molar-refractivity contribution in [1.29, 1.82) is 0 Å². The Labute approximate surface area is 234 Å². The second kappa shape index (κ2) is 13.4. The Morgan fingerprint density at radius 2 is 1.87 bits per heavy atom. The van der Waals surface area contributed by atoms with E-state index in [4.69, 9.17) is 25.6 Å². The summed E-state index contributed by atoms with van der Waals surface area (Å²) < 4.78 is 17.0. The van der Waals surface area contributed by atoms with Crippen LogP contribution in [0.3, 0.4) is 0 Å². The molecule has 0 aromatic heterocycles. The summed E-state index contributed by atoms with van der Waals surface area (Å²) in [5, 5.41) is 0.610. The van der Waals surface area contributed by atoms with Crippen LogP contribution in [0.5, 0.6) is 17.2 Å². The molecule has 6 nitrogen and oxygen atoms in total. The number of rotatable bonds is 11. The minimum absolute atomic E-state index is 0.124. The summed E-state index contributed by atoms with van der Waals surface area (Å²) in [4.78, 5) is 20.8. The number of aliphatic imine (C=N–C) groups is 1. The van der Waals surface area contributed by atoms with Gasteiger partial charge in [0.2, 0.25) is 0 Å². The Hall–Kier alpha value is -4.41. The maximum Gasteiger partial charge on any atom is 0.267 e. The van der Waals surface area contributed by atoms with Crippen LogP contribution < -0.4 is 14.2 Å². The van der Waals surface area contributed by atoms with Gasteiger partial charge in [0.05, 0.1) is 30.9 Å². The molecule has 3 aromatic rings. The van der Waals surface area contributed by atoms with Crippen LogP contribution in [0.1, 0.15) is 23.6 Å². The number of hydrogen-bond donors (Lipinski definition) is 0. The van der Waals surface area contributed by atoms with E-state index in [0.717, 1.165) is 28.1 Å². The number of amidine groups is 1. The quantitative estimate of drug-likeness (QED) is 0.156. The van der Waals surface area contributed by atoms with Crippen LogP contribution in [0.4, 0.5) is 5.69 Å². The molecule has 0 N–H and O–H groups in total. The third-order valence-corrected chi connectivity index (χ3v) is 6.79. The second-order valence-electron chi connectivity index (χ2n) is 8.51. The largest absolute Gasteiger partial charge is 0.497 e. The van der Waals surface area contributed by atoms with E-state index in [1.807, 2.05) is 79.7 Å². The summed E-state index contributed by atoms with van der Waals surface area (Å²) >= 11 is 1.34. The van der Waals surface area contributed by atoms with Gasteiger partial charge in [-0.25, -0.2) is 4.99 Å². The number of hydrogen-bond acceptors (Lipinski definition) is 6. The first-order valence-corrected chi connectivity index (χ1v) is 13.3. The molecule has 0 aliphatic carbocycles. The normalized spacial score (nSPS) is 14.9. The van der Waals surface area contributed by atoms with Crippen LogP contribution in [0.15, 0.2) is 89.3 Å². The molecule has 1 heterocycles. The molecule has 7 heteroatoms. The van der Waals surface area contributed by atoms with Crippen LogP contribution >= 0.6 is 11.8 Å². The predicted molar refractivity (Wildman–Crippen MR) is 158 cm³/mol. The lowest BCUT2D eigenvalue weighted by molar-refractivity contribution is -0.122. The van der Waals surface area contributed by atoms with Gasteiger partial charge in [-0.1, -0.05) is 42.3 Å². The average molecular weight is 539 g/mol. The van der Waals surface area contributed by atoms with Crippen molar-refractivity contribution < 1.29 is 19.0 Å². The fourth-order valence-corrected chi connectivity index (χ4v) is 5.02. The first-order valence-electron chi connectivity index (χ1n) is 12.5. The maximum absolute atomic E-state index is 13.7. The smallest absolute Gasteiger partial charge is 0.267 e. The molecule has 39 heavy (non-hydrogen) atoms. The maximum atomic E-state index is 13.7. The zero-order valence-electron chi connectivity index (χ0n) is 22.1. The Kier molecular flexibility index (Phi) is 9.49. The van der Waals surface area contributed by atoms with Crippen molar-refractivity contribution >= 4 is 34.6 Å². The van der Waals surface area contributed by atoms with E-state index in [9.17, 15) is 4.79 Å². The molecular weight excluding hydrogens is 508 g/mol. The summed E-state index contributed by atoms with van der Waals surface area (Å²) in [5.74, 6) is 4.30. The van der Waals surface area contributed by atoms with Crippen molar-refractivity contribution in [2.45, 2.75) is 19.9 Å². The van der Waals surface area contributed by atoms with Gasteiger partial charge >= 0.3 is 0 Å². The zero-order chi connectivity index (χ0) is 27.6. The van der Waals surface area contributed by atoms with Crippen LogP contribution in [0.2, 0.25) is 0 Å². The number of carbonyl (C=O) groups excluding carboxylic acids is 1. The minimum Gasteiger partial charge on any atom is -0.497 e. The first-order chi connectivity index (χ1) is 19.1.